The lowest BCUT2D eigenvalue weighted by Crippen LogP contribution is -2.54. The van der Waals surface area contributed by atoms with E-state index in [-0.39, 0.29) is 18.2 Å². The van der Waals surface area contributed by atoms with Crippen LogP contribution in [0.4, 0.5) is 0 Å². The minimum absolute atomic E-state index is 0.0174. The van der Waals surface area contributed by atoms with Crippen molar-refractivity contribution in [1.82, 2.24) is 4.90 Å². The second-order valence-corrected chi connectivity index (χ2v) is 4.16. The summed E-state index contributed by atoms with van der Waals surface area (Å²) in [6.07, 6.45) is 1.25. The van der Waals surface area contributed by atoms with E-state index in [1.807, 2.05) is 20.8 Å². The Bertz CT molecular complexity index is 223. The maximum absolute atomic E-state index is 8.70. The van der Waals surface area contributed by atoms with Crippen LogP contribution >= 0.6 is 0 Å². The number of rotatable bonds is 3. The molecule has 0 radical (unpaired) electrons. The zero-order chi connectivity index (χ0) is 11.4. The molecule has 0 saturated carbocycles. The number of morpholine rings is 1. The van der Waals surface area contributed by atoms with Crippen molar-refractivity contribution in [2.75, 3.05) is 13.1 Å². The standard InChI is InChI=1S/C10H21N3O2/c1-4-9(10(11)12-14)13-5-7(2)15-8(3)6-13/h7-9,14H,4-6H2,1-3H3,(H2,11,12)/t7-,8+,9?. The van der Waals surface area contributed by atoms with Crippen LogP contribution in [0.15, 0.2) is 5.16 Å². The van der Waals surface area contributed by atoms with Crippen LogP contribution in [0.1, 0.15) is 27.2 Å². The first-order valence-electron chi connectivity index (χ1n) is 5.45. The Labute approximate surface area is 90.9 Å². The fraction of sp³-hybridized carbons (Fsp3) is 0.900. The third-order valence-electron chi connectivity index (χ3n) is 2.73. The Kier molecular flexibility index (Phi) is 4.35. The Morgan fingerprint density at radius 3 is 2.47 bits per heavy atom. The lowest BCUT2D eigenvalue weighted by atomic mass is 10.1. The van der Waals surface area contributed by atoms with Gasteiger partial charge >= 0.3 is 0 Å². The molecule has 0 aromatic rings. The monoisotopic (exact) mass is 215 g/mol. The van der Waals surface area contributed by atoms with Crippen LogP contribution in [0, 0.1) is 0 Å². The highest BCUT2D eigenvalue weighted by Crippen LogP contribution is 2.15. The summed E-state index contributed by atoms with van der Waals surface area (Å²) in [6, 6.07) is 0.0174. The van der Waals surface area contributed by atoms with Crippen molar-refractivity contribution in [3.63, 3.8) is 0 Å². The third kappa shape index (κ3) is 3.07. The summed E-state index contributed by atoms with van der Waals surface area (Å²) in [4.78, 5) is 2.22. The molecule has 0 aromatic heterocycles. The first kappa shape index (κ1) is 12.3. The number of oxime groups is 1. The van der Waals surface area contributed by atoms with Crippen LogP contribution in [0.25, 0.3) is 0 Å². The maximum atomic E-state index is 8.70. The van der Waals surface area contributed by atoms with Crippen molar-refractivity contribution in [3.8, 4) is 0 Å². The van der Waals surface area contributed by atoms with Gasteiger partial charge in [-0.1, -0.05) is 12.1 Å². The van der Waals surface area contributed by atoms with Gasteiger partial charge in [-0.15, -0.1) is 0 Å². The summed E-state index contributed by atoms with van der Waals surface area (Å²) in [7, 11) is 0. The molecule has 88 valence electrons. The molecular weight excluding hydrogens is 194 g/mol. The quantitative estimate of drug-likeness (QED) is 0.313. The Hall–Kier alpha value is -0.810. The molecule has 0 aliphatic carbocycles. The fourth-order valence-electron chi connectivity index (χ4n) is 2.19. The highest BCUT2D eigenvalue weighted by Gasteiger charge is 2.29. The number of ether oxygens (including phenoxy) is 1. The molecule has 1 heterocycles. The Morgan fingerprint density at radius 2 is 2.07 bits per heavy atom. The second-order valence-electron chi connectivity index (χ2n) is 4.16. The molecule has 0 amide bonds. The molecular formula is C10H21N3O2. The molecule has 5 heteroatoms. The first-order valence-corrected chi connectivity index (χ1v) is 5.45. The lowest BCUT2D eigenvalue weighted by molar-refractivity contribution is -0.0738. The van der Waals surface area contributed by atoms with E-state index in [0.717, 1.165) is 19.5 Å². The van der Waals surface area contributed by atoms with E-state index in [1.54, 1.807) is 0 Å². The van der Waals surface area contributed by atoms with Gasteiger partial charge in [0.25, 0.3) is 0 Å². The molecule has 3 N–H and O–H groups in total. The van der Waals surface area contributed by atoms with Crippen molar-refractivity contribution in [2.45, 2.75) is 45.4 Å². The molecule has 5 nitrogen and oxygen atoms in total. The molecule has 3 atom stereocenters. The molecule has 1 aliphatic heterocycles. The summed E-state index contributed by atoms with van der Waals surface area (Å²) in [6.45, 7) is 7.79. The normalized spacial score (nSPS) is 31.5. The number of amidine groups is 1. The van der Waals surface area contributed by atoms with Gasteiger partial charge in [-0.2, -0.15) is 0 Å². The summed E-state index contributed by atoms with van der Waals surface area (Å²) >= 11 is 0. The summed E-state index contributed by atoms with van der Waals surface area (Å²) in [5.74, 6) is 0.291. The maximum Gasteiger partial charge on any atom is 0.156 e. The zero-order valence-electron chi connectivity index (χ0n) is 9.68. The van der Waals surface area contributed by atoms with E-state index >= 15 is 0 Å². The molecule has 15 heavy (non-hydrogen) atoms. The minimum atomic E-state index is 0.0174. The van der Waals surface area contributed by atoms with Crippen molar-refractivity contribution in [1.29, 1.82) is 0 Å². The Balaban J connectivity index is 2.67. The zero-order valence-corrected chi connectivity index (χ0v) is 9.68. The average molecular weight is 215 g/mol. The topological polar surface area (TPSA) is 71.1 Å². The van der Waals surface area contributed by atoms with E-state index in [2.05, 4.69) is 10.1 Å². The second kappa shape index (κ2) is 5.32. The van der Waals surface area contributed by atoms with Crippen LogP contribution in [-0.4, -0.2) is 47.3 Å². The van der Waals surface area contributed by atoms with Crippen molar-refractivity contribution in [2.24, 2.45) is 10.9 Å². The number of nitrogens with two attached hydrogens (primary N) is 1. The highest BCUT2D eigenvalue weighted by molar-refractivity contribution is 5.85. The van der Waals surface area contributed by atoms with E-state index in [0.29, 0.717) is 5.84 Å². The molecule has 1 saturated heterocycles. The first-order chi connectivity index (χ1) is 7.08. The molecule has 1 rings (SSSR count). The fourth-order valence-corrected chi connectivity index (χ4v) is 2.19. The number of hydrogen-bond acceptors (Lipinski definition) is 4. The van der Waals surface area contributed by atoms with Crippen LogP contribution < -0.4 is 5.73 Å². The van der Waals surface area contributed by atoms with Gasteiger partial charge < -0.3 is 15.7 Å². The van der Waals surface area contributed by atoms with Gasteiger partial charge in [0.15, 0.2) is 5.84 Å². The van der Waals surface area contributed by atoms with E-state index in [4.69, 9.17) is 15.7 Å². The van der Waals surface area contributed by atoms with Gasteiger partial charge in [-0.3, -0.25) is 4.90 Å². The summed E-state index contributed by atoms with van der Waals surface area (Å²) < 4.78 is 5.64. The molecule has 0 bridgehead atoms. The largest absolute Gasteiger partial charge is 0.409 e. The smallest absolute Gasteiger partial charge is 0.156 e. The molecule has 1 unspecified atom stereocenters. The summed E-state index contributed by atoms with van der Waals surface area (Å²) in [5, 5.41) is 11.8. The van der Waals surface area contributed by atoms with Crippen molar-refractivity contribution < 1.29 is 9.94 Å². The molecule has 0 spiro atoms. The van der Waals surface area contributed by atoms with E-state index in [9.17, 15) is 0 Å². The molecule has 1 aliphatic rings. The average Bonchev–Trinajstić information content (AvgIpc) is 2.17. The molecule has 1 fully saturated rings. The van der Waals surface area contributed by atoms with Crippen LogP contribution in [0.3, 0.4) is 0 Å². The van der Waals surface area contributed by atoms with Gasteiger partial charge in [-0.05, 0) is 20.3 Å². The predicted molar refractivity (Wildman–Crippen MR) is 59.1 cm³/mol. The van der Waals surface area contributed by atoms with Crippen LogP contribution in [0.2, 0.25) is 0 Å². The third-order valence-corrected chi connectivity index (χ3v) is 2.73. The predicted octanol–water partition coefficient (Wildman–Crippen LogP) is 0.621. The van der Waals surface area contributed by atoms with Crippen LogP contribution in [-0.2, 0) is 4.74 Å². The van der Waals surface area contributed by atoms with Crippen LogP contribution in [0.5, 0.6) is 0 Å². The van der Waals surface area contributed by atoms with Gasteiger partial charge in [0, 0.05) is 13.1 Å². The van der Waals surface area contributed by atoms with Gasteiger partial charge in [0.2, 0.25) is 0 Å². The van der Waals surface area contributed by atoms with E-state index < -0.39 is 0 Å². The lowest BCUT2D eigenvalue weighted by Gasteiger charge is -2.39. The van der Waals surface area contributed by atoms with E-state index in [1.165, 1.54) is 0 Å². The van der Waals surface area contributed by atoms with Crippen molar-refractivity contribution in [3.05, 3.63) is 0 Å². The van der Waals surface area contributed by atoms with Gasteiger partial charge in [0.1, 0.15) is 0 Å². The number of hydrogen-bond donors (Lipinski definition) is 2. The van der Waals surface area contributed by atoms with Gasteiger partial charge in [-0.25, -0.2) is 0 Å². The summed E-state index contributed by atoms with van der Waals surface area (Å²) in [5.41, 5.74) is 5.67. The Morgan fingerprint density at radius 1 is 1.53 bits per heavy atom. The molecule has 0 aromatic carbocycles. The highest BCUT2D eigenvalue weighted by atomic mass is 16.5. The number of nitrogens with zero attached hydrogens (tertiary/aromatic N) is 2. The minimum Gasteiger partial charge on any atom is -0.409 e. The van der Waals surface area contributed by atoms with Gasteiger partial charge in [0.05, 0.1) is 18.2 Å². The van der Waals surface area contributed by atoms with Crippen molar-refractivity contribution >= 4 is 5.84 Å². The SMILES string of the molecule is CCC(C(N)=NO)N1C[C@@H](C)O[C@@H](C)C1.